The van der Waals surface area contributed by atoms with Crippen molar-refractivity contribution in [1.82, 2.24) is 19.7 Å². The van der Waals surface area contributed by atoms with Gasteiger partial charge in [-0.25, -0.2) is 4.98 Å². The molecule has 0 atom stereocenters. The summed E-state index contributed by atoms with van der Waals surface area (Å²) in [6.45, 7) is 0.158. The van der Waals surface area contributed by atoms with Crippen LogP contribution in [0.3, 0.4) is 0 Å². The molecule has 0 aliphatic carbocycles. The normalized spacial score (nSPS) is 10.1. The molecule has 0 radical (unpaired) electrons. The summed E-state index contributed by atoms with van der Waals surface area (Å²) in [4.78, 5) is 3.85. The number of nitrogens with zero attached hydrogens (tertiary/aromatic N) is 6. The number of benzene rings is 1. The molecule has 106 valence electrons. The first-order valence-electron chi connectivity index (χ1n) is 6.15. The fraction of sp³-hybridized carbons (Fsp3) is 0.0714. The molecule has 0 bridgehead atoms. The predicted molar refractivity (Wildman–Crippen MR) is 75.5 cm³/mol. The lowest BCUT2D eigenvalue weighted by molar-refractivity contribution is 0.487. The van der Waals surface area contributed by atoms with Crippen LogP contribution in [0, 0.1) is 22.7 Å². The molecule has 3 aromatic rings. The second-order valence-corrected chi connectivity index (χ2v) is 4.74. The van der Waals surface area contributed by atoms with Gasteiger partial charge in [-0.05, 0) is 18.2 Å². The van der Waals surface area contributed by atoms with Gasteiger partial charge in [-0.1, -0.05) is 17.7 Å². The van der Waals surface area contributed by atoms with Crippen molar-refractivity contribution in [2.24, 2.45) is 0 Å². The Morgan fingerprint density at radius 2 is 2.09 bits per heavy atom. The van der Waals surface area contributed by atoms with Gasteiger partial charge in [0.2, 0.25) is 11.8 Å². The molecule has 8 heteroatoms. The summed E-state index contributed by atoms with van der Waals surface area (Å²) >= 11 is 5.92. The Hall–Kier alpha value is -3.16. The van der Waals surface area contributed by atoms with Crippen LogP contribution in [0.5, 0.6) is 0 Å². The van der Waals surface area contributed by atoms with Gasteiger partial charge in [0.05, 0.1) is 6.33 Å². The highest BCUT2D eigenvalue weighted by Gasteiger charge is 2.14. The molecule has 0 saturated carbocycles. The van der Waals surface area contributed by atoms with E-state index >= 15 is 0 Å². The molecule has 0 N–H and O–H groups in total. The summed E-state index contributed by atoms with van der Waals surface area (Å²) in [6, 6.07) is 10.8. The smallest absolute Gasteiger partial charge is 0.247 e. The van der Waals surface area contributed by atoms with E-state index in [2.05, 4.69) is 15.2 Å². The quantitative estimate of drug-likeness (QED) is 0.735. The predicted octanol–water partition coefficient (Wildman–Crippen LogP) is 2.38. The van der Waals surface area contributed by atoms with Crippen LogP contribution in [0.25, 0.3) is 11.5 Å². The van der Waals surface area contributed by atoms with E-state index in [1.54, 1.807) is 24.3 Å². The van der Waals surface area contributed by atoms with Crippen LogP contribution >= 0.6 is 11.6 Å². The summed E-state index contributed by atoms with van der Waals surface area (Å²) in [5, 5.41) is 26.4. The lowest BCUT2D eigenvalue weighted by atomic mass is 10.2. The van der Waals surface area contributed by atoms with Crippen molar-refractivity contribution in [3.63, 3.8) is 0 Å². The van der Waals surface area contributed by atoms with Crippen molar-refractivity contribution < 1.29 is 4.42 Å². The first kappa shape index (κ1) is 13.8. The van der Waals surface area contributed by atoms with Gasteiger partial charge in [-0.3, -0.25) is 0 Å². The largest absolute Gasteiger partial charge is 0.419 e. The Morgan fingerprint density at radius 1 is 1.23 bits per heavy atom. The highest BCUT2D eigenvalue weighted by atomic mass is 35.5. The number of aromatic nitrogens is 4. The molecule has 22 heavy (non-hydrogen) atoms. The zero-order valence-electron chi connectivity index (χ0n) is 11.1. The van der Waals surface area contributed by atoms with E-state index < -0.39 is 0 Å². The maximum absolute atomic E-state index is 9.07. The molecule has 0 aliphatic heterocycles. The van der Waals surface area contributed by atoms with Crippen molar-refractivity contribution in [3.05, 3.63) is 52.9 Å². The molecule has 1 aromatic carbocycles. The Balaban J connectivity index is 1.88. The standard InChI is InChI=1S/C14H7ClN6O/c15-10-3-1-2-9(4-10)14-20-19-13(22-14)7-21-8-18-11(5-16)12(21)6-17/h1-4,8H,7H2. The Bertz CT molecular complexity index is 914. The molecule has 0 unspecified atom stereocenters. The number of nitriles is 2. The van der Waals surface area contributed by atoms with Crippen molar-refractivity contribution >= 4 is 11.6 Å². The zero-order valence-corrected chi connectivity index (χ0v) is 11.8. The first-order chi connectivity index (χ1) is 10.7. The molecule has 2 heterocycles. The number of hydrogen-bond donors (Lipinski definition) is 0. The molecule has 7 nitrogen and oxygen atoms in total. The third-order valence-electron chi connectivity index (χ3n) is 2.89. The van der Waals surface area contributed by atoms with E-state index in [0.29, 0.717) is 22.4 Å². The lowest BCUT2D eigenvalue weighted by Crippen LogP contribution is -2.01. The molecule has 0 fully saturated rings. The maximum atomic E-state index is 9.07. The number of halogens is 1. The van der Waals surface area contributed by atoms with E-state index in [4.69, 9.17) is 26.5 Å². The minimum absolute atomic E-state index is 0.0667. The summed E-state index contributed by atoms with van der Waals surface area (Å²) in [5.74, 6) is 0.630. The molecular weight excluding hydrogens is 304 g/mol. The van der Waals surface area contributed by atoms with Crippen molar-refractivity contribution in [2.45, 2.75) is 6.54 Å². The molecule has 0 saturated heterocycles. The van der Waals surface area contributed by atoms with Gasteiger partial charge in [0.15, 0.2) is 11.4 Å². The van der Waals surface area contributed by atoms with E-state index in [0.717, 1.165) is 0 Å². The average Bonchev–Trinajstić information content (AvgIpc) is 3.14. The van der Waals surface area contributed by atoms with E-state index in [9.17, 15) is 0 Å². The maximum Gasteiger partial charge on any atom is 0.247 e. The molecule has 2 aromatic heterocycles. The summed E-state index contributed by atoms with van der Waals surface area (Å²) in [7, 11) is 0. The Labute approximate surface area is 130 Å². The van der Waals surface area contributed by atoms with Crippen LogP contribution in [0.15, 0.2) is 35.0 Å². The minimum atomic E-state index is 0.0667. The third-order valence-corrected chi connectivity index (χ3v) is 3.13. The number of imidazole rings is 1. The highest BCUT2D eigenvalue weighted by Crippen LogP contribution is 2.21. The van der Waals surface area contributed by atoms with E-state index in [1.807, 2.05) is 12.1 Å². The van der Waals surface area contributed by atoms with Gasteiger partial charge in [-0.15, -0.1) is 10.2 Å². The van der Waals surface area contributed by atoms with Crippen LogP contribution in [-0.4, -0.2) is 19.7 Å². The summed E-state index contributed by atoms with van der Waals surface area (Å²) in [5.41, 5.74) is 0.928. The average molecular weight is 311 g/mol. The van der Waals surface area contributed by atoms with Crippen molar-refractivity contribution in [3.8, 4) is 23.6 Å². The van der Waals surface area contributed by atoms with Crippen LogP contribution in [-0.2, 0) is 6.54 Å². The summed E-state index contributed by atoms with van der Waals surface area (Å²) in [6.07, 6.45) is 1.39. The molecule has 3 rings (SSSR count). The SMILES string of the molecule is N#Cc1ncn(Cc2nnc(-c3cccc(Cl)c3)o2)c1C#N. The second kappa shape index (κ2) is 5.68. The van der Waals surface area contributed by atoms with Crippen molar-refractivity contribution in [1.29, 1.82) is 10.5 Å². The topological polar surface area (TPSA) is 104 Å². The fourth-order valence-corrected chi connectivity index (χ4v) is 2.09. The molecule has 0 spiro atoms. The van der Waals surface area contributed by atoms with Crippen LogP contribution in [0.1, 0.15) is 17.3 Å². The highest BCUT2D eigenvalue weighted by molar-refractivity contribution is 6.30. The van der Waals surface area contributed by atoms with Crippen LogP contribution < -0.4 is 0 Å². The van der Waals surface area contributed by atoms with Gasteiger partial charge in [0.25, 0.3) is 0 Å². The lowest BCUT2D eigenvalue weighted by Gasteiger charge is -1.98. The van der Waals surface area contributed by atoms with Gasteiger partial charge >= 0.3 is 0 Å². The molecule has 0 amide bonds. The van der Waals surface area contributed by atoms with Gasteiger partial charge in [-0.2, -0.15) is 10.5 Å². The van der Waals surface area contributed by atoms with Gasteiger partial charge in [0, 0.05) is 10.6 Å². The first-order valence-corrected chi connectivity index (χ1v) is 6.52. The minimum Gasteiger partial charge on any atom is -0.419 e. The fourth-order valence-electron chi connectivity index (χ4n) is 1.90. The summed E-state index contributed by atoms with van der Waals surface area (Å²) < 4.78 is 7.03. The van der Waals surface area contributed by atoms with E-state index in [1.165, 1.54) is 10.9 Å². The van der Waals surface area contributed by atoms with E-state index in [-0.39, 0.29) is 17.9 Å². The van der Waals surface area contributed by atoms with Gasteiger partial charge in [0.1, 0.15) is 18.7 Å². The number of rotatable bonds is 3. The van der Waals surface area contributed by atoms with Crippen LogP contribution in [0.2, 0.25) is 5.02 Å². The third kappa shape index (κ3) is 2.53. The van der Waals surface area contributed by atoms with Crippen LogP contribution in [0.4, 0.5) is 0 Å². The monoisotopic (exact) mass is 310 g/mol. The number of hydrogen-bond acceptors (Lipinski definition) is 6. The molecule has 0 aliphatic rings. The van der Waals surface area contributed by atoms with Crippen molar-refractivity contribution in [2.75, 3.05) is 0 Å². The molecular formula is C14H7ClN6O. The Morgan fingerprint density at radius 3 is 2.82 bits per heavy atom. The second-order valence-electron chi connectivity index (χ2n) is 4.30. The van der Waals surface area contributed by atoms with Gasteiger partial charge < -0.3 is 8.98 Å². The Kier molecular flexibility index (Phi) is 3.57. The zero-order chi connectivity index (χ0) is 15.5.